The van der Waals surface area contributed by atoms with Crippen molar-refractivity contribution in [1.29, 1.82) is 0 Å². The van der Waals surface area contributed by atoms with Gasteiger partial charge in [-0.3, -0.25) is 9.89 Å². The van der Waals surface area contributed by atoms with Crippen LogP contribution >= 0.6 is 0 Å². The summed E-state index contributed by atoms with van der Waals surface area (Å²) in [6.45, 7) is 0. The van der Waals surface area contributed by atoms with Crippen LogP contribution in [0.1, 0.15) is 10.5 Å². The van der Waals surface area contributed by atoms with Crippen molar-refractivity contribution in [2.45, 2.75) is 0 Å². The van der Waals surface area contributed by atoms with E-state index in [1.807, 2.05) is 42.5 Å². The summed E-state index contributed by atoms with van der Waals surface area (Å²) in [4.78, 5) is 11.1. The van der Waals surface area contributed by atoms with Gasteiger partial charge in [-0.15, -0.1) is 0 Å². The molecule has 0 saturated carbocycles. The molecule has 1 amide bonds. The fourth-order valence-electron chi connectivity index (χ4n) is 2.08. The van der Waals surface area contributed by atoms with Gasteiger partial charge >= 0.3 is 0 Å². The average molecular weight is 263 g/mol. The molecule has 0 bridgehead atoms. The van der Waals surface area contributed by atoms with Crippen molar-refractivity contribution in [3.05, 3.63) is 66.4 Å². The first kappa shape index (κ1) is 12.2. The Bertz CT molecular complexity index is 747. The van der Waals surface area contributed by atoms with Gasteiger partial charge in [0.2, 0.25) is 0 Å². The van der Waals surface area contributed by atoms with Crippen LogP contribution in [-0.2, 0) is 0 Å². The lowest BCUT2D eigenvalue weighted by Gasteiger charge is -2.03. The summed E-state index contributed by atoms with van der Waals surface area (Å²) in [5.74, 6) is -0.511. The molecule has 1 aromatic heterocycles. The van der Waals surface area contributed by atoms with E-state index >= 15 is 0 Å². The highest BCUT2D eigenvalue weighted by molar-refractivity contribution is 5.92. The number of aromatic nitrogens is 2. The van der Waals surface area contributed by atoms with E-state index < -0.39 is 5.91 Å². The topological polar surface area (TPSA) is 71.8 Å². The molecule has 3 rings (SSSR count). The molecule has 0 radical (unpaired) electrons. The van der Waals surface area contributed by atoms with E-state index in [1.54, 1.807) is 6.07 Å². The maximum Gasteiger partial charge on any atom is 0.266 e. The molecule has 98 valence electrons. The first-order valence-corrected chi connectivity index (χ1v) is 6.25. The van der Waals surface area contributed by atoms with Gasteiger partial charge in [0.05, 0.1) is 5.69 Å². The Kier molecular flexibility index (Phi) is 3.05. The third-order valence-electron chi connectivity index (χ3n) is 3.11. The summed E-state index contributed by atoms with van der Waals surface area (Å²) in [7, 11) is 0. The predicted octanol–water partition coefficient (Wildman–Crippen LogP) is 2.84. The highest BCUT2D eigenvalue weighted by Crippen LogP contribution is 2.25. The van der Waals surface area contributed by atoms with Crippen LogP contribution in [0.5, 0.6) is 0 Å². The number of rotatable bonds is 3. The van der Waals surface area contributed by atoms with Gasteiger partial charge in [-0.05, 0) is 23.3 Å². The standard InChI is InChI=1S/C16H13N3O/c17-16(20)15-10-14(18-19-15)13-8-4-7-12(9-13)11-5-2-1-3-6-11/h1-10H,(H2,17,20)(H,18,19). The van der Waals surface area contributed by atoms with Gasteiger partial charge in [0.1, 0.15) is 5.69 Å². The minimum absolute atomic E-state index is 0.310. The van der Waals surface area contributed by atoms with E-state index in [2.05, 4.69) is 22.3 Å². The molecule has 0 unspecified atom stereocenters. The lowest BCUT2D eigenvalue weighted by Crippen LogP contribution is -2.10. The third-order valence-corrected chi connectivity index (χ3v) is 3.11. The Labute approximate surface area is 116 Å². The number of nitrogens with one attached hydrogen (secondary N) is 1. The normalized spacial score (nSPS) is 10.4. The lowest BCUT2D eigenvalue weighted by molar-refractivity contribution is 0.0995. The maximum atomic E-state index is 11.1. The number of carbonyl (C=O) groups excluding carboxylic acids is 1. The number of hydrogen-bond acceptors (Lipinski definition) is 2. The Hall–Kier alpha value is -2.88. The molecule has 0 aliphatic rings. The maximum absolute atomic E-state index is 11.1. The Balaban J connectivity index is 2.01. The van der Waals surface area contributed by atoms with Gasteiger partial charge in [-0.2, -0.15) is 5.10 Å². The molecule has 20 heavy (non-hydrogen) atoms. The van der Waals surface area contributed by atoms with E-state index in [0.717, 1.165) is 16.7 Å². The number of carbonyl (C=O) groups is 1. The van der Waals surface area contributed by atoms with Crippen LogP contribution in [0, 0.1) is 0 Å². The monoisotopic (exact) mass is 263 g/mol. The van der Waals surface area contributed by atoms with Crippen molar-refractivity contribution < 1.29 is 4.79 Å². The minimum atomic E-state index is -0.511. The summed E-state index contributed by atoms with van der Waals surface area (Å²) in [5, 5.41) is 6.76. The molecule has 3 N–H and O–H groups in total. The number of primary amides is 1. The van der Waals surface area contributed by atoms with Crippen LogP contribution < -0.4 is 5.73 Å². The second kappa shape index (κ2) is 5.01. The first-order chi connectivity index (χ1) is 9.74. The van der Waals surface area contributed by atoms with Crippen molar-refractivity contribution in [2.75, 3.05) is 0 Å². The van der Waals surface area contributed by atoms with E-state index in [9.17, 15) is 4.79 Å². The molecule has 0 aliphatic carbocycles. The van der Waals surface area contributed by atoms with Gasteiger partial charge in [-0.25, -0.2) is 0 Å². The SMILES string of the molecule is NC(=O)c1cc(-c2cccc(-c3ccccc3)c2)n[nH]1. The predicted molar refractivity (Wildman–Crippen MR) is 78.0 cm³/mol. The van der Waals surface area contributed by atoms with Crippen LogP contribution in [0.4, 0.5) is 0 Å². The van der Waals surface area contributed by atoms with Crippen LogP contribution in [0.3, 0.4) is 0 Å². The molecular weight excluding hydrogens is 250 g/mol. The van der Waals surface area contributed by atoms with Gasteiger partial charge in [0.15, 0.2) is 0 Å². The molecule has 3 aromatic rings. The van der Waals surface area contributed by atoms with E-state index in [4.69, 9.17) is 5.73 Å². The fraction of sp³-hybridized carbons (Fsp3) is 0. The zero-order chi connectivity index (χ0) is 13.9. The quantitative estimate of drug-likeness (QED) is 0.762. The lowest BCUT2D eigenvalue weighted by atomic mass is 10.0. The molecule has 4 heteroatoms. The molecule has 4 nitrogen and oxygen atoms in total. The summed E-state index contributed by atoms with van der Waals surface area (Å²) in [6.07, 6.45) is 0. The number of benzene rings is 2. The molecule has 1 heterocycles. The first-order valence-electron chi connectivity index (χ1n) is 6.25. The number of hydrogen-bond donors (Lipinski definition) is 2. The number of aromatic amines is 1. The summed E-state index contributed by atoms with van der Waals surface area (Å²) < 4.78 is 0. The van der Waals surface area contributed by atoms with Gasteiger partial charge in [0, 0.05) is 5.56 Å². The molecule has 0 atom stereocenters. The van der Waals surface area contributed by atoms with Crippen LogP contribution in [0.15, 0.2) is 60.7 Å². The average Bonchev–Trinajstić information content (AvgIpc) is 2.98. The Morgan fingerprint density at radius 2 is 1.60 bits per heavy atom. The van der Waals surface area contributed by atoms with E-state index in [1.165, 1.54) is 0 Å². The highest BCUT2D eigenvalue weighted by atomic mass is 16.1. The Morgan fingerprint density at radius 1 is 0.900 bits per heavy atom. The van der Waals surface area contributed by atoms with E-state index in [-0.39, 0.29) is 0 Å². The van der Waals surface area contributed by atoms with Gasteiger partial charge < -0.3 is 5.73 Å². The molecule has 0 spiro atoms. The zero-order valence-electron chi connectivity index (χ0n) is 10.7. The van der Waals surface area contributed by atoms with Crippen molar-refractivity contribution in [1.82, 2.24) is 10.2 Å². The summed E-state index contributed by atoms with van der Waals surface area (Å²) >= 11 is 0. The summed E-state index contributed by atoms with van der Waals surface area (Å²) in [6, 6.07) is 19.8. The number of amides is 1. The molecule has 0 saturated heterocycles. The fourth-order valence-corrected chi connectivity index (χ4v) is 2.08. The number of H-pyrrole nitrogens is 1. The molecule has 0 aliphatic heterocycles. The third kappa shape index (κ3) is 2.31. The smallest absolute Gasteiger partial charge is 0.266 e. The van der Waals surface area contributed by atoms with Crippen LogP contribution in [0.25, 0.3) is 22.4 Å². The number of nitrogens with two attached hydrogens (primary N) is 1. The van der Waals surface area contributed by atoms with Crippen molar-refractivity contribution >= 4 is 5.91 Å². The largest absolute Gasteiger partial charge is 0.364 e. The molecular formula is C16H13N3O. The van der Waals surface area contributed by atoms with E-state index in [0.29, 0.717) is 11.4 Å². The second-order valence-electron chi connectivity index (χ2n) is 4.48. The van der Waals surface area contributed by atoms with Gasteiger partial charge in [-0.1, -0.05) is 48.5 Å². The molecule has 2 aromatic carbocycles. The minimum Gasteiger partial charge on any atom is -0.364 e. The molecule has 0 fully saturated rings. The van der Waals surface area contributed by atoms with Gasteiger partial charge in [0.25, 0.3) is 5.91 Å². The summed E-state index contributed by atoms with van der Waals surface area (Å²) in [5.41, 5.74) is 9.41. The highest BCUT2D eigenvalue weighted by Gasteiger charge is 2.08. The zero-order valence-corrected chi connectivity index (χ0v) is 10.7. The van der Waals surface area contributed by atoms with Crippen LogP contribution in [0.2, 0.25) is 0 Å². The number of nitrogens with zero attached hydrogens (tertiary/aromatic N) is 1. The Morgan fingerprint density at radius 3 is 2.30 bits per heavy atom. The van der Waals surface area contributed by atoms with Crippen LogP contribution in [-0.4, -0.2) is 16.1 Å². The second-order valence-corrected chi connectivity index (χ2v) is 4.48. The van der Waals surface area contributed by atoms with Crippen molar-refractivity contribution in [3.63, 3.8) is 0 Å². The van der Waals surface area contributed by atoms with Crippen molar-refractivity contribution in [3.8, 4) is 22.4 Å². The van der Waals surface area contributed by atoms with Crippen molar-refractivity contribution in [2.24, 2.45) is 5.73 Å².